The van der Waals surface area contributed by atoms with Crippen molar-refractivity contribution >= 4 is 0 Å². The Hall–Kier alpha value is -1.79. The van der Waals surface area contributed by atoms with E-state index in [0.29, 0.717) is 24.7 Å². The molecule has 0 aliphatic carbocycles. The highest BCUT2D eigenvalue weighted by Crippen LogP contribution is 2.10. The van der Waals surface area contributed by atoms with Crippen LogP contribution in [-0.2, 0) is 13.0 Å². The maximum Gasteiger partial charge on any atom is 0.240 e. The van der Waals surface area contributed by atoms with Crippen molar-refractivity contribution in [1.29, 1.82) is 0 Å². The molecule has 1 saturated heterocycles. The summed E-state index contributed by atoms with van der Waals surface area (Å²) in [5, 5.41) is 7.37. The number of benzene rings is 1. The number of halogens is 1. The Kier molecular flexibility index (Phi) is 4.57. The summed E-state index contributed by atoms with van der Waals surface area (Å²) in [6.45, 7) is 4.79. The minimum Gasteiger partial charge on any atom is -0.338 e. The second kappa shape index (κ2) is 6.78. The lowest BCUT2D eigenvalue weighted by Gasteiger charge is -2.16. The standard InChI is InChI=1S/C15H19FN4O/c16-13-4-2-12(3-5-13)10-14-18-15(21-19-14)11-20-8-1-6-17-7-9-20/h2-5,17H,1,6-11H2. The number of aromatic nitrogens is 2. The van der Waals surface area contributed by atoms with E-state index in [9.17, 15) is 4.39 Å². The molecule has 21 heavy (non-hydrogen) atoms. The molecule has 1 N–H and O–H groups in total. The summed E-state index contributed by atoms with van der Waals surface area (Å²) in [7, 11) is 0. The minimum absolute atomic E-state index is 0.234. The van der Waals surface area contributed by atoms with E-state index in [1.54, 1.807) is 12.1 Å². The summed E-state index contributed by atoms with van der Waals surface area (Å²) in [6.07, 6.45) is 1.70. The molecule has 5 nitrogen and oxygen atoms in total. The molecule has 1 aliphatic heterocycles. The van der Waals surface area contributed by atoms with Gasteiger partial charge in [-0.1, -0.05) is 17.3 Å². The van der Waals surface area contributed by atoms with Crippen LogP contribution in [0.25, 0.3) is 0 Å². The second-order valence-electron chi connectivity index (χ2n) is 5.29. The van der Waals surface area contributed by atoms with Gasteiger partial charge in [-0.3, -0.25) is 4.90 Å². The van der Waals surface area contributed by atoms with Crippen LogP contribution in [0, 0.1) is 5.82 Å². The van der Waals surface area contributed by atoms with Gasteiger partial charge in [0.2, 0.25) is 5.89 Å². The van der Waals surface area contributed by atoms with Crippen molar-refractivity contribution in [3.8, 4) is 0 Å². The van der Waals surface area contributed by atoms with Crippen LogP contribution in [0.3, 0.4) is 0 Å². The molecule has 1 aliphatic rings. The highest BCUT2D eigenvalue weighted by molar-refractivity contribution is 5.19. The average Bonchev–Trinajstić information content (AvgIpc) is 2.75. The molecule has 0 atom stereocenters. The Balaban J connectivity index is 1.59. The van der Waals surface area contributed by atoms with Gasteiger partial charge in [-0.15, -0.1) is 0 Å². The van der Waals surface area contributed by atoms with Gasteiger partial charge in [0.05, 0.1) is 6.54 Å². The van der Waals surface area contributed by atoms with Crippen LogP contribution in [0.1, 0.15) is 23.7 Å². The first-order valence-corrected chi connectivity index (χ1v) is 7.28. The van der Waals surface area contributed by atoms with Crippen LogP contribution in [0.5, 0.6) is 0 Å². The topological polar surface area (TPSA) is 54.2 Å². The van der Waals surface area contributed by atoms with E-state index < -0.39 is 0 Å². The van der Waals surface area contributed by atoms with Crippen LogP contribution in [-0.4, -0.2) is 41.2 Å². The van der Waals surface area contributed by atoms with Crippen molar-refractivity contribution in [3.05, 3.63) is 47.4 Å². The Morgan fingerprint density at radius 3 is 2.90 bits per heavy atom. The van der Waals surface area contributed by atoms with Gasteiger partial charge in [-0.2, -0.15) is 4.98 Å². The van der Waals surface area contributed by atoms with E-state index in [4.69, 9.17) is 4.52 Å². The molecule has 1 aromatic heterocycles. The second-order valence-corrected chi connectivity index (χ2v) is 5.29. The van der Waals surface area contributed by atoms with Crippen molar-refractivity contribution in [2.75, 3.05) is 26.2 Å². The summed E-state index contributed by atoms with van der Waals surface area (Å²) < 4.78 is 18.2. The van der Waals surface area contributed by atoms with E-state index in [0.717, 1.165) is 38.2 Å². The Morgan fingerprint density at radius 1 is 1.19 bits per heavy atom. The molecular formula is C15H19FN4O. The van der Waals surface area contributed by atoms with Crippen LogP contribution in [0.2, 0.25) is 0 Å². The third kappa shape index (κ3) is 4.09. The van der Waals surface area contributed by atoms with E-state index in [1.807, 2.05) is 0 Å². The molecule has 0 bridgehead atoms. The van der Waals surface area contributed by atoms with Crippen molar-refractivity contribution in [2.24, 2.45) is 0 Å². The first kappa shape index (κ1) is 14.2. The van der Waals surface area contributed by atoms with Crippen LogP contribution in [0.4, 0.5) is 4.39 Å². The molecule has 1 aromatic carbocycles. The third-order valence-corrected chi connectivity index (χ3v) is 3.58. The maximum atomic E-state index is 12.9. The van der Waals surface area contributed by atoms with Crippen molar-refractivity contribution in [1.82, 2.24) is 20.4 Å². The lowest BCUT2D eigenvalue weighted by Crippen LogP contribution is -2.27. The Labute approximate surface area is 123 Å². The molecule has 2 aromatic rings. The molecule has 0 amide bonds. The van der Waals surface area contributed by atoms with Gasteiger partial charge < -0.3 is 9.84 Å². The molecule has 0 spiro atoms. The first-order chi connectivity index (χ1) is 10.3. The average molecular weight is 290 g/mol. The van der Waals surface area contributed by atoms with Gasteiger partial charge in [0.15, 0.2) is 5.82 Å². The zero-order valence-electron chi connectivity index (χ0n) is 11.9. The minimum atomic E-state index is -0.234. The summed E-state index contributed by atoms with van der Waals surface area (Å²) in [5.74, 6) is 1.06. The SMILES string of the molecule is Fc1ccc(Cc2noc(CN3CCCNCC3)n2)cc1. The number of nitrogens with zero attached hydrogens (tertiary/aromatic N) is 3. The van der Waals surface area contributed by atoms with E-state index >= 15 is 0 Å². The monoisotopic (exact) mass is 290 g/mol. The van der Waals surface area contributed by atoms with Gasteiger partial charge in [0, 0.05) is 19.5 Å². The van der Waals surface area contributed by atoms with Gasteiger partial charge in [-0.25, -0.2) is 4.39 Å². The number of rotatable bonds is 4. The van der Waals surface area contributed by atoms with Crippen LogP contribution in [0.15, 0.2) is 28.8 Å². The van der Waals surface area contributed by atoms with E-state index in [2.05, 4.69) is 20.4 Å². The molecule has 0 unspecified atom stereocenters. The molecule has 0 radical (unpaired) electrons. The number of nitrogens with one attached hydrogen (secondary N) is 1. The predicted octanol–water partition coefficient (Wildman–Crippen LogP) is 1.59. The normalized spacial score (nSPS) is 16.8. The fourth-order valence-corrected chi connectivity index (χ4v) is 2.46. The van der Waals surface area contributed by atoms with Gasteiger partial charge in [0.1, 0.15) is 5.82 Å². The fraction of sp³-hybridized carbons (Fsp3) is 0.467. The summed E-state index contributed by atoms with van der Waals surface area (Å²) in [4.78, 5) is 6.73. The first-order valence-electron chi connectivity index (χ1n) is 7.28. The number of hydrogen-bond acceptors (Lipinski definition) is 5. The zero-order chi connectivity index (χ0) is 14.5. The van der Waals surface area contributed by atoms with Crippen molar-refractivity contribution < 1.29 is 8.91 Å². The molecule has 3 rings (SSSR count). The molecule has 2 heterocycles. The highest BCUT2D eigenvalue weighted by atomic mass is 19.1. The zero-order valence-corrected chi connectivity index (χ0v) is 11.9. The molecule has 0 saturated carbocycles. The van der Waals surface area contributed by atoms with E-state index in [-0.39, 0.29) is 5.82 Å². The van der Waals surface area contributed by atoms with Gasteiger partial charge in [-0.05, 0) is 37.2 Å². The van der Waals surface area contributed by atoms with Crippen molar-refractivity contribution in [3.63, 3.8) is 0 Å². The molecule has 1 fully saturated rings. The molecule has 6 heteroatoms. The largest absolute Gasteiger partial charge is 0.338 e. The third-order valence-electron chi connectivity index (χ3n) is 3.58. The fourth-order valence-electron chi connectivity index (χ4n) is 2.46. The van der Waals surface area contributed by atoms with Crippen LogP contribution >= 0.6 is 0 Å². The Morgan fingerprint density at radius 2 is 2.05 bits per heavy atom. The van der Waals surface area contributed by atoms with E-state index in [1.165, 1.54) is 12.1 Å². The predicted molar refractivity (Wildman–Crippen MR) is 76.3 cm³/mol. The lowest BCUT2D eigenvalue weighted by molar-refractivity contribution is 0.238. The molecule has 112 valence electrons. The molecular weight excluding hydrogens is 271 g/mol. The highest BCUT2D eigenvalue weighted by Gasteiger charge is 2.13. The van der Waals surface area contributed by atoms with Gasteiger partial charge in [0.25, 0.3) is 0 Å². The quantitative estimate of drug-likeness (QED) is 0.927. The lowest BCUT2D eigenvalue weighted by atomic mass is 10.1. The van der Waals surface area contributed by atoms with Gasteiger partial charge >= 0.3 is 0 Å². The van der Waals surface area contributed by atoms with Crippen molar-refractivity contribution in [2.45, 2.75) is 19.4 Å². The smallest absolute Gasteiger partial charge is 0.240 e. The summed E-state index contributed by atoms with van der Waals surface area (Å²) in [5.41, 5.74) is 0.975. The maximum absolute atomic E-state index is 12.9. The summed E-state index contributed by atoms with van der Waals surface area (Å²) in [6, 6.07) is 6.37. The van der Waals surface area contributed by atoms with Crippen LogP contribution < -0.4 is 5.32 Å². The Bertz CT molecular complexity index is 561. The summed E-state index contributed by atoms with van der Waals surface area (Å²) >= 11 is 0. The number of hydrogen-bond donors (Lipinski definition) is 1.